The molecule has 0 amide bonds. The van der Waals surface area contributed by atoms with E-state index in [9.17, 15) is 12.8 Å². The Morgan fingerprint density at radius 1 is 1.03 bits per heavy atom. The van der Waals surface area contributed by atoms with Gasteiger partial charge in [0.05, 0.1) is 4.90 Å². The van der Waals surface area contributed by atoms with Gasteiger partial charge in [0.15, 0.2) is 0 Å². The third kappa shape index (κ3) is 5.45. The number of hydrogen-bond donors (Lipinski definition) is 0. The van der Waals surface area contributed by atoms with Crippen LogP contribution < -0.4 is 4.74 Å². The molecule has 0 N–H and O–H groups in total. The molecule has 0 radical (unpaired) electrons. The summed E-state index contributed by atoms with van der Waals surface area (Å²) >= 11 is 6.22. The highest BCUT2D eigenvalue weighted by Crippen LogP contribution is 2.26. The lowest BCUT2D eigenvalue weighted by Crippen LogP contribution is -2.48. The fourth-order valence-corrected chi connectivity index (χ4v) is 5.20. The molecule has 2 aromatic carbocycles. The second-order valence-corrected chi connectivity index (χ2v) is 9.91. The van der Waals surface area contributed by atoms with Gasteiger partial charge >= 0.3 is 0 Å². The van der Waals surface area contributed by atoms with Crippen LogP contribution >= 0.6 is 11.6 Å². The van der Waals surface area contributed by atoms with Gasteiger partial charge in [0, 0.05) is 61.3 Å². The van der Waals surface area contributed by atoms with Crippen molar-refractivity contribution in [1.82, 2.24) is 14.2 Å². The molecule has 6 nitrogen and oxygen atoms in total. The average Bonchev–Trinajstić information content (AvgIpc) is 2.80. The van der Waals surface area contributed by atoms with Crippen LogP contribution in [-0.2, 0) is 23.2 Å². The lowest BCUT2D eigenvalue weighted by atomic mass is 10.1. The minimum Gasteiger partial charge on any atom is -0.489 e. The number of halogens is 2. The summed E-state index contributed by atoms with van der Waals surface area (Å²) in [5.41, 5.74) is 1.91. The summed E-state index contributed by atoms with van der Waals surface area (Å²) in [7, 11) is -3.64. The molecule has 32 heavy (non-hydrogen) atoms. The Kier molecular flexibility index (Phi) is 7.05. The van der Waals surface area contributed by atoms with E-state index in [1.165, 1.54) is 16.4 Å². The van der Waals surface area contributed by atoms with Crippen LogP contribution in [0.4, 0.5) is 4.39 Å². The molecule has 0 saturated carbocycles. The molecule has 1 fully saturated rings. The summed E-state index contributed by atoms with van der Waals surface area (Å²) in [6.45, 7) is 2.82. The number of benzene rings is 2. The first-order valence-electron chi connectivity index (χ1n) is 10.2. The van der Waals surface area contributed by atoms with Gasteiger partial charge in [0.2, 0.25) is 10.0 Å². The molecule has 1 aliphatic rings. The summed E-state index contributed by atoms with van der Waals surface area (Å²) in [6, 6.07) is 14.3. The van der Waals surface area contributed by atoms with E-state index < -0.39 is 15.8 Å². The van der Waals surface area contributed by atoms with Crippen molar-refractivity contribution in [3.63, 3.8) is 0 Å². The predicted octanol–water partition coefficient (Wildman–Crippen LogP) is 3.96. The molecule has 168 valence electrons. The van der Waals surface area contributed by atoms with Crippen LogP contribution in [0, 0.1) is 5.82 Å². The first-order chi connectivity index (χ1) is 15.4. The van der Waals surface area contributed by atoms with Crippen molar-refractivity contribution in [2.75, 3.05) is 26.2 Å². The summed E-state index contributed by atoms with van der Waals surface area (Å²) in [4.78, 5) is 6.37. The Labute approximate surface area is 192 Å². The van der Waals surface area contributed by atoms with E-state index in [0.29, 0.717) is 44.4 Å². The zero-order chi connectivity index (χ0) is 22.6. The molecule has 0 bridgehead atoms. The van der Waals surface area contributed by atoms with Crippen LogP contribution in [0.15, 0.2) is 71.9 Å². The minimum atomic E-state index is -3.64. The maximum absolute atomic E-state index is 13.1. The van der Waals surface area contributed by atoms with Gasteiger partial charge in [-0.2, -0.15) is 4.31 Å². The fourth-order valence-electron chi connectivity index (χ4n) is 3.58. The number of piperazine rings is 1. The van der Waals surface area contributed by atoms with E-state index in [4.69, 9.17) is 16.3 Å². The van der Waals surface area contributed by atoms with E-state index in [0.717, 1.165) is 29.0 Å². The molecule has 1 saturated heterocycles. The number of nitrogens with zero attached hydrogens (tertiary/aromatic N) is 3. The van der Waals surface area contributed by atoms with Crippen molar-refractivity contribution in [1.29, 1.82) is 0 Å². The van der Waals surface area contributed by atoms with Gasteiger partial charge in [-0.1, -0.05) is 17.7 Å². The van der Waals surface area contributed by atoms with Crippen LogP contribution in [0.5, 0.6) is 5.75 Å². The summed E-state index contributed by atoms with van der Waals surface area (Å²) in [6.07, 6.45) is 3.48. The molecule has 4 rings (SSSR count). The molecule has 0 aliphatic carbocycles. The van der Waals surface area contributed by atoms with Crippen LogP contribution in [0.25, 0.3) is 0 Å². The normalized spacial score (nSPS) is 15.6. The van der Waals surface area contributed by atoms with Crippen molar-refractivity contribution >= 4 is 21.6 Å². The Balaban J connectivity index is 1.39. The van der Waals surface area contributed by atoms with Crippen LogP contribution in [-0.4, -0.2) is 48.8 Å². The van der Waals surface area contributed by atoms with Crippen molar-refractivity contribution < 1.29 is 17.5 Å². The van der Waals surface area contributed by atoms with Gasteiger partial charge in [-0.15, -0.1) is 0 Å². The molecule has 1 aromatic heterocycles. The highest BCUT2D eigenvalue weighted by Gasteiger charge is 2.28. The van der Waals surface area contributed by atoms with Gasteiger partial charge < -0.3 is 4.74 Å². The quantitative estimate of drug-likeness (QED) is 0.517. The predicted molar refractivity (Wildman–Crippen MR) is 120 cm³/mol. The van der Waals surface area contributed by atoms with Gasteiger partial charge in [-0.3, -0.25) is 9.88 Å². The van der Waals surface area contributed by atoms with E-state index in [1.54, 1.807) is 18.5 Å². The summed E-state index contributed by atoms with van der Waals surface area (Å²) in [5.74, 6) is 0.274. The topological polar surface area (TPSA) is 62.7 Å². The number of hydrogen-bond acceptors (Lipinski definition) is 5. The summed E-state index contributed by atoms with van der Waals surface area (Å²) < 4.78 is 46.2. The summed E-state index contributed by atoms with van der Waals surface area (Å²) in [5, 5.41) is 0.617. The zero-order valence-electron chi connectivity index (χ0n) is 17.3. The Morgan fingerprint density at radius 3 is 2.47 bits per heavy atom. The second kappa shape index (κ2) is 9.95. The molecule has 9 heteroatoms. The molecule has 1 aliphatic heterocycles. The molecular weight excluding hydrogens is 453 g/mol. The molecule has 0 unspecified atom stereocenters. The largest absolute Gasteiger partial charge is 0.489 e. The Hall–Kier alpha value is -2.52. The third-order valence-electron chi connectivity index (χ3n) is 5.32. The van der Waals surface area contributed by atoms with Crippen LogP contribution in [0.3, 0.4) is 0 Å². The van der Waals surface area contributed by atoms with E-state index in [-0.39, 0.29) is 4.90 Å². The molecular formula is C23H23ClFN3O3S. The molecule has 2 heterocycles. The van der Waals surface area contributed by atoms with E-state index in [1.807, 2.05) is 24.3 Å². The maximum atomic E-state index is 13.1. The lowest BCUT2D eigenvalue weighted by Gasteiger charge is -2.34. The number of aromatic nitrogens is 1. The van der Waals surface area contributed by atoms with Gasteiger partial charge in [0.25, 0.3) is 0 Å². The highest BCUT2D eigenvalue weighted by atomic mass is 35.5. The minimum absolute atomic E-state index is 0.105. The number of pyridine rings is 1. The maximum Gasteiger partial charge on any atom is 0.243 e. The molecule has 3 aromatic rings. The first kappa shape index (κ1) is 22.7. The SMILES string of the molecule is O=S(=O)(c1ccc(F)cc1)N1CCN(Cc2cc(Cl)ccc2OCc2cccnc2)CC1. The lowest BCUT2D eigenvalue weighted by molar-refractivity contribution is 0.178. The Morgan fingerprint density at radius 2 is 1.78 bits per heavy atom. The number of ether oxygens (including phenoxy) is 1. The number of sulfonamides is 1. The Bertz CT molecular complexity index is 1150. The van der Waals surface area contributed by atoms with Gasteiger partial charge in [-0.25, -0.2) is 12.8 Å². The van der Waals surface area contributed by atoms with Crippen LogP contribution in [0.2, 0.25) is 5.02 Å². The van der Waals surface area contributed by atoms with Gasteiger partial charge in [0.1, 0.15) is 18.2 Å². The van der Waals surface area contributed by atoms with Crippen molar-refractivity contribution in [2.24, 2.45) is 0 Å². The zero-order valence-corrected chi connectivity index (χ0v) is 18.9. The average molecular weight is 476 g/mol. The third-order valence-corrected chi connectivity index (χ3v) is 7.46. The molecule has 0 atom stereocenters. The number of rotatable bonds is 7. The van der Waals surface area contributed by atoms with E-state index in [2.05, 4.69) is 9.88 Å². The second-order valence-electron chi connectivity index (χ2n) is 7.54. The van der Waals surface area contributed by atoms with Crippen molar-refractivity contribution in [3.8, 4) is 5.75 Å². The smallest absolute Gasteiger partial charge is 0.243 e. The van der Waals surface area contributed by atoms with E-state index >= 15 is 0 Å². The van der Waals surface area contributed by atoms with Crippen LogP contribution in [0.1, 0.15) is 11.1 Å². The first-order valence-corrected chi connectivity index (χ1v) is 12.0. The monoisotopic (exact) mass is 475 g/mol. The van der Waals surface area contributed by atoms with Crippen molar-refractivity contribution in [2.45, 2.75) is 18.0 Å². The highest BCUT2D eigenvalue weighted by molar-refractivity contribution is 7.89. The molecule has 0 spiro atoms. The van der Waals surface area contributed by atoms with Gasteiger partial charge in [-0.05, 0) is 48.5 Å². The fraction of sp³-hybridized carbons (Fsp3) is 0.261. The standard InChI is InChI=1S/C23H23ClFN3O3S/c24-20-3-8-23(31-17-18-2-1-9-26-15-18)19(14-20)16-27-10-12-28(13-11-27)32(29,30)22-6-4-21(25)5-7-22/h1-9,14-15H,10-13,16-17H2. The van der Waals surface area contributed by atoms with Crippen molar-refractivity contribution in [3.05, 3.63) is 89.0 Å².